The number of fused-ring (bicyclic) bond motifs is 1. The second kappa shape index (κ2) is 8.46. The zero-order chi connectivity index (χ0) is 18.5. The molecular formula is C22H23N3OS. The summed E-state index contributed by atoms with van der Waals surface area (Å²) in [6.07, 6.45) is 5.56. The predicted octanol–water partition coefficient (Wildman–Crippen LogP) is 4.09. The first-order valence-electron chi connectivity index (χ1n) is 9.37. The molecule has 1 aliphatic rings. The third kappa shape index (κ3) is 4.81. The summed E-state index contributed by atoms with van der Waals surface area (Å²) in [5.41, 5.74) is 2.30. The average molecular weight is 378 g/mol. The molecule has 0 saturated carbocycles. The molecule has 1 aromatic heterocycles. The fraction of sp³-hybridized carbons (Fsp3) is 0.273. The van der Waals surface area contributed by atoms with Crippen molar-refractivity contribution in [1.82, 2.24) is 15.2 Å². The van der Waals surface area contributed by atoms with Gasteiger partial charge in [-0.1, -0.05) is 42.5 Å². The van der Waals surface area contributed by atoms with Crippen LogP contribution < -0.4 is 5.32 Å². The standard InChI is InChI=1S/C22H23N3OS/c26-21(12-13-22-24-19-10-4-5-11-20(19)27-22)23-18-9-6-14-25(16-18)15-17-7-2-1-3-8-17/h1-5,7-8,10-13,18H,6,9,14-16H2,(H,23,26)/b13-12+. The third-order valence-corrected chi connectivity index (χ3v) is 5.79. The van der Waals surface area contributed by atoms with Crippen molar-refractivity contribution in [3.8, 4) is 0 Å². The highest BCUT2D eigenvalue weighted by Crippen LogP contribution is 2.22. The van der Waals surface area contributed by atoms with E-state index in [1.54, 1.807) is 17.4 Å². The van der Waals surface area contributed by atoms with E-state index in [1.807, 2.05) is 36.4 Å². The van der Waals surface area contributed by atoms with E-state index >= 15 is 0 Å². The van der Waals surface area contributed by atoms with Gasteiger partial charge in [0.2, 0.25) is 5.91 Å². The van der Waals surface area contributed by atoms with E-state index in [2.05, 4.69) is 39.5 Å². The van der Waals surface area contributed by atoms with E-state index in [9.17, 15) is 4.79 Å². The first-order chi connectivity index (χ1) is 13.3. The number of para-hydroxylation sites is 1. The molecule has 4 rings (SSSR count). The molecule has 1 amide bonds. The molecule has 3 aromatic rings. The number of benzene rings is 2. The Kier molecular flexibility index (Phi) is 5.61. The van der Waals surface area contributed by atoms with Gasteiger partial charge in [-0.05, 0) is 43.2 Å². The summed E-state index contributed by atoms with van der Waals surface area (Å²) in [7, 11) is 0. The number of rotatable bonds is 5. The van der Waals surface area contributed by atoms with Gasteiger partial charge >= 0.3 is 0 Å². The number of hydrogen-bond donors (Lipinski definition) is 1. The fourth-order valence-electron chi connectivity index (χ4n) is 3.52. The van der Waals surface area contributed by atoms with Crippen LogP contribution >= 0.6 is 11.3 Å². The highest BCUT2D eigenvalue weighted by Gasteiger charge is 2.20. The summed E-state index contributed by atoms with van der Waals surface area (Å²) in [6.45, 7) is 2.92. The average Bonchev–Trinajstić information content (AvgIpc) is 3.11. The minimum absolute atomic E-state index is 0.0409. The molecule has 1 atom stereocenters. The maximum Gasteiger partial charge on any atom is 0.244 e. The molecule has 0 aliphatic carbocycles. The molecule has 1 N–H and O–H groups in total. The summed E-state index contributed by atoms with van der Waals surface area (Å²) in [5.74, 6) is -0.0409. The molecule has 2 aromatic carbocycles. The number of thiazole rings is 1. The molecule has 1 saturated heterocycles. The van der Waals surface area contributed by atoms with Crippen LogP contribution in [0.25, 0.3) is 16.3 Å². The van der Waals surface area contributed by atoms with Gasteiger partial charge in [0.15, 0.2) is 0 Å². The number of aromatic nitrogens is 1. The van der Waals surface area contributed by atoms with Crippen molar-refractivity contribution in [3.05, 3.63) is 71.2 Å². The lowest BCUT2D eigenvalue weighted by Gasteiger charge is -2.33. The van der Waals surface area contributed by atoms with Crippen LogP contribution in [0.1, 0.15) is 23.4 Å². The van der Waals surface area contributed by atoms with Crippen LogP contribution in [0, 0.1) is 0 Å². The van der Waals surface area contributed by atoms with Crippen molar-refractivity contribution < 1.29 is 4.79 Å². The van der Waals surface area contributed by atoms with Gasteiger partial charge in [0.1, 0.15) is 5.01 Å². The van der Waals surface area contributed by atoms with Gasteiger partial charge in [0, 0.05) is 25.2 Å². The van der Waals surface area contributed by atoms with Crippen molar-refractivity contribution in [2.75, 3.05) is 13.1 Å². The summed E-state index contributed by atoms with van der Waals surface area (Å²) in [4.78, 5) is 19.3. The second-order valence-electron chi connectivity index (χ2n) is 6.92. The number of piperidine rings is 1. The first-order valence-corrected chi connectivity index (χ1v) is 10.2. The smallest absolute Gasteiger partial charge is 0.244 e. The van der Waals surface area contributed by atoms with Crippen LogP contribution in [0.4, 0.5) is 0 Å². The van der Waals surface area contributed by atoms with Crippen molar-refractivity contribution in [3.63, 3.8) is 0 Å². The Morgan fingerprint density at radius 2 is 2.00 bits per heavy atom. The van der Waals surface area contributed by atoms with E-state index < -0.39 is 0 Å². The minimum Gasteiger partial charge on any atom is -0.349 e. The van der Waals surface area contributed by atoms with E-state index in [1.165, 1.54) is 5.56 Å². The number of carbonyl (C=O) groups is 1. The van der Waals surface area contributed by atoms with Gasteiger partial charge in [-0.3, -0.25) is 9.69 Å². The van der Waals surface area contributed by atoms with E-state index in [-0.39, 0.29) is 11.9 Å². The van der Waals surface area contributed by atoms with Crippen LogP contribution in [0.15, 0.2) is 60.7 Å². The molecule has 2 heterocycles. The lowest BCUT2D eigenvalue weighted by atomic mass is 10.0. The molecule has 0 spiro atoms. The number of amides is 1. The van der Waals surface area contributed by atoms with E-state index in [0.717, 1.165) is 47.7 Å². The highest BCUT2D eigenvalue weighted by molar-refractivity contribution is 7.19. The Morgan fingerprint density at radius 3 is 2.85 bits per heavy atom. The number of hydrogen-bond acceptors (Lipinski definition) is 4. The number of nitrogens with one attached hydrogen (secondary N) is 1. The molecule has 138 valence electrons. The van der Waals surface area contributed by atoms with Crippen LogP contribution in [0.2, 0.25) is 0 Å². The molecule has 0 radical (unpaired) electrons. The summed E-state index contributed by atoms with van der Waals surface area (Å²) in [6, 6.07) is 18.7. The molecule has 1 unspecified atom stereocenters. The largest absolute Gasteiger partial charge is 0.349 e. The summed E-state index contributed by atoms with van der Waals surface area (Å²) >= 11 is 1.60. The van der Waals surface area contributed by atoms with Gasteiger partial charge in [-0.15, -0.1) is 11.3 Å². The molecule has 1 fully saturated rings. The normalized spacial score (nSPS) is 18.1. The van der Waals surface area contributed by atoms with E-state index in [4.69, 9.17) is 0 Å². The second-order valence-corrected chi connectivity index (χ2v) is 7.98. The summed E-state index contributed by atoms with van der Waals surface area (Å²) < 4.78 is 1.14. The van der Waals surface area contributed by atoms with Crippen molar-refractivity contribution in [2.45, 2.75) is 25.4 Å². The Morgan fingerprint density at radius 1 is 1.19 bits per heavy atom. The predicted molar refractivity (Wildman–Crippen MR) is 112 cm³/mol. The van der Waals surface area contributed by atoms with Gasteiger partial charge in [-0.25, -0.2) is 4.98 Å². The Hall–Kier alpha value is -2.50. The van der Waals surface area contributed by atoms with Gasteiger partial charge < -0.3 is 5.32 Å². The van der Waals surface area contributed by atoms with Crippen LogP contribution in [-0.4, -0.2) is 34.9 Å². The zero-order valence-electron chi connectivity index (χ0n) is 15.2. The monoisotopic (exact) mass is 377 g/mol. The van der Waals surface area contributed by atoms with Crippen LogP contribution in [-0.2, 0) is 11.3 Å². The van der Waals surface area contributed by atoms with Crippen molar-refractivity contribution in [1.29, 1.82) is 0 Å². The van der Waals surface area contributed by atoms with Crippen LogP contribution in [0.5, 0.6) is 0 Å². The highest BCUT2D eigenvalue weighted by atomic mass is 32.1. The molecule has 0 bridgehead atoms. The Bertz CT molecular complexity index is 902. The van der Waals surface area contributed by atoms with Crippen LogP contribution in [0.3, 0.4) is 0 Å². The number of carbonyl (C=O) groups excluding carboxylic acids is 1. The SMILES string of the molecule is O=C(/C=C/c1nc2ccccc2s1)NC1CCCN(Cc2ccccc2)C1. The summed E-state index contributed by atoms with van der Waals surface area (Å²) in [5, 5.41) is 4.01. The molecule has 1 aliphatic heterocycles. The molecular weight excluding hydrogens is 354 g/mol. The minimum atomic E-state index is -0.0409. The Labute approximate surface area is 163 Å². The van der Waals surface area contributed by atoms with Gasteiger partial charge in [0.05, 0.1) is 10.2 Å². The molecule has 4 nitrogen and oxygen atoms in total. The maximum atomic E-state index is 12.3. The zero-order valence-corrected chi connectivity index (χ0v) is 16.0. The van der Waals surface area contributed by atoms with Gasteiger partial charge in [0.25, 0.3) is 0 Å². The Balaban J connectivity index is 1.32. The number of nitrogens with zero attached hydrogens (tertiary/aromatic N) is 2. The fourth-order valence-corrected chi connectivity index (χ4v) is 4.39. The first kappa shape index (κ1) is 17.9. The van der Waals surface area contributed by atoms with Crippen molar-refractivity contribution >= 4 is 33.5 Å². The lowest BCUT2D eigenvalue weighted by Crippen LogP contribution is -2.46. The molecule has 5 heteroatoms. The molecule has 27 heavy (non-hydrogen) atoms. The topological polar surface area (TPSA) is 45.2 Å². The van der Waals surface area contributed by atoms with E-state index in [0.29, 0.717) is 0 Å². The maximum absolute atomic E-state index is 12.3. The van der Waals surface area contributed by atoms with Gasteiger partial charge in [-0.2, -0.15) is 0 Å². The number of likely N-dealkylation sites (tertiary alicyclic amines) is 1. The quantitative estimate of drug-likeness (QED) is 0.681. The third-order valence-electron chi connectivity index (χ3n) is 4.79. The van der Waals surface area contributed by atoms with Crippen molar-refractivity contribution in [2.24, 2.45) is 0 Å². The lowest BCUT2D eigenvalue weighted by molar-refractivity contribution is -0.117.